The Morgan fingerprint density at radius 1 is 1.21 bits per heavy atom. The van der Waals surface area contributed by atoms with Gasteiger partial charge in [0, 0.05) is 10.6 Å². The summed E-state index contributed by atoms with van der Waals surface area (Å²) in [5.41, 5.74) is -0.0895. The van der Waals surface area contributed by atoms with Crippen molar-refractivity contribution in [2.24, 2.45) is 0 Å². The van der Waals surface area contributed by atoms with Gasteiger partial charge < -0.3 is 10.2 Å². The minimum atomic E-state index is -1.77. The maximum absolute atomic E-state index is 10.5. The highest BCUT2D eigenvalue weighted by molar-refractivity contribution is 6.44. The van der Waals surface area contributed by atoms with Crippen molar-refractivity contribution in [3.63, 3.8) is 0 Å². The molecule has 0 aromatic heterocycles. The third-order valence-electron chi connectivity index (χ3n) is 1.59. The average molecular weight is 255 g/mol. The molecule has 76 valence electrons. The molecule has 2 N–H and O–H groups in total. The second-order valence-electron chi connectivity index (χ2n) is 2.50. The first-order valence-corrected chi connectivity index (χ1v) is 4.62. The fourth-order valence-corrected chi connectivity index (χ4v) is 1.66. The first-order chi connectivity index (χ1) is 6.45. The maximum Gasteiger partial charge on any atom is 0.337 e. The monoisotopic (exact) mass is 254 g/mol. The van der Waals surface area contributed by atoms with Crippen molar-refractivity contribution >= 4 is 40.8 Å². The van der Waals surface area contributed by atoms with E-state index in [0.717, 1.165) is 0 Å². The summed E-state index contributed by atoms with van der Waals surface area (Å²) in [6.45, 7) is 0. The third-order valence-corrected chi connectivity index (χ3v) is 2.74. The molecule has 0 aliphatic rings. The van der Waals surface area contributed by atoms with Crippen LogP contribution in [-0.2, 0) is 4.79 Å². The van der Waals surface area contributed by atoms with Gasteiger partial charge in [0.2, 0.25) is 0 Å². The molecule has 1 aromatic carbocycles. The van der Waals surface area contributed by atoms with Crippen molar-refractivity contribution < 1.29 is 15.0 Å². The molecule has 1 aromatic rings. The van der Waals surface area contributed by atoms with E-state index in [1.807, 2.05) is 0 Å². The van der Waals surface area contributed by atoms with E-state index in [-0.39, 0.29) is 20.6 Å². The lowest BCUT2D eigenvalue weighted by molar-refractivity contribution is -0.146. The van der Waals surface area contributed by atoms with E-state index in [0.29, 0.717) is 0 Å². The molecule has 0 radical (unpaired) electrons. The molecule has 6 heteroatoms. The van der Waals surface area contributed by atoms with E-state index in [9.17, 15) is 9.90 Å². The zero-order valence-corrected chi connectivity index (χ0v) is 8.94. The lowest BCUT2D eigenvalue weighted by atomic mass is 10.1. The third kappa shape index (κ3) is 2.12. The van der Waals surface area contributed by atoms with Crippen molar-refractivity contribution in [2.45, 2.75) is 6.10 Å². The van der Waals surface area contributed by atoms with Crippen LogP contribution in [0, 0.1) is 0 Å². The number of aliphatic hydroxyl groups excluding tert-OH is 1. The highest BCUT2D eigenvalue weighted by Gasteiger charge is 2.23. The molecule has 0 spiro atoms. The fourth-order valence-electron chi connectivity index (χ4n) is 0.917. The van der Waals surface area contributed by atoms with Crippen molar-refractivity contribution in [3.05, 3.63) is 32.8 Å². The molecule has 0 saturated heterocycles. The number of hydrogen-bond donors (Lipinski definition) is 2. The molecule has 1 atom stereocenters. The van der Waals surface area contributed by atoms with E-state index in [2.05, 4.69) is 0 Å². The van der Waals surface area contributed by atoms with Crippen LogP contribution in [0.2, 0.25) is 15.1 Å². The first-order valence-electron chi connectivity index (χ1n) is 3.49. The molecule has 0 aliphatic heterocycles. The number of aliphatic hydroxyl groups is 1. The van der Waals surface area contributed by atoms with Gasteiger partial charge in [-0.1, -0.05) is 34.8 Å². The summed E-state index contributed by atoms with van der Waals surface area (Å²) in [6.07, 6.45) is -1.77. The van der Waals surface area contributed by atoms with Crippen LogP contribution in [0.1, 0.15) is 11.7 Å². The van der Waals surface area contributed by atoms with Crippen LogP contribution in [0.4, 0.5) is 0 Å². The number of carboxylic acid groups (broad SMARTS) is 1. The van der Waals surface area contributed by atoms with Gasteiger partial charge in [0.05, 0.1) is 10.0 Å². The van der Waals surface area contributed by atoms with Crippen molar-refractivity contribution in [3.8, 4) is 0 Å². The summed E-state index contributed by atoms with van der Waals surface area (Å²) >= 11 is 17.0. The Bertz CT molecular complexity index is 378. The molecule has 0 aliphatic carbocycles. The molecule has 0 bridgehead atoms. The molecule has 0 fully saturated rings. The Morgan fingerprint density at radius 3 is 2.21 bits per heavy atom. The molecule has 0 heterocycles. The topological polar surface area (TPSA) is 57.5 Å². The van der Waals surface area contributed by atoms with Crippen molar-refractivity contribution in [2.75, 3.05) is 0 Å². The van der Waals surface area contributed by atoms with Gasteiger partial charge in [-0.05, 0) is 12.1 Å². The van der Waals surface area contributed by atoms with Gasteiger partial charge in [-0.15, -0.1) is 0 Å². The van der Waals surface area contributed by atoms with Crippen LogP contribution in [-0.4, -0.2) is 16.2 Å². The second kappa shape index (κ2) is 4.36. The van der Waals surface area contributed by atoms with Crippen LogP contribution in [0.25, 0.3) is 0 Å². The molecule has 1 rings (SSSR count). The van der Waals surface area contributed by atoms with E-state index in [1.165, 1.54) is 12.1 Å². The summed E-state index contributed by atoms with van der Waals surface area (Å²) in [5, 5.41) is 18.0. The van der Waals surface area contributed by atoms with E-state index >= 15 is 0 Å². The molecule has 3 nitrogen and oxygen atoms in total. The van der Waals surface area contributed by atoms with E-state index in [1.54, 1.807) is 0 Å². The molecular weight excluding hydrogens is 250 g/mol. The van der Waals surface area contributed by atoms with Crippen molar-refractivity contribution in [1.29, 1.82) is 0 Å². The minimum Gasteiger partial charge on any atom is -0.479 e. The Kier molecular flexibility index (Phi) is 3.61. The van der Waals surface area contributed by atoms with E-state index in [4.69, 9.17) is 39.9 Å². The van der Waals surface area contributed by atoms with Crippen molar-refractivity contribution in [1.82, 2.24) is 0 Å². The quantitative estimate of drug-likeness (QED) is 0.799. The summed E-state index contributed by atoms with van der Waals surface area (Å²) in [6, 6.07) is 2.79. The smallest absolute Gasteiger partial charge is 0.337 e. The predicted molar refractivity (Wildman–Crippen MR) is 54.1 cm³/mol. The van der Waals surface area contributed by atoms with Crippen LogP contribution in [0.5, 0.6) is 0 Å². The number of hydrogen-bond acceptors (Lipinski definition) is 2. The Labute approximate surface area is 94.8 Å². The number of aliphatic carboxylic acids is 1. The molecule has 0 saturated carbocycles. The lowest BCUT2D eigenvalue weighted by Crippen LogP contribution is -2.11. The van der Waals surface area contributed by atoms with Gasteiger partial charge in [0.1, 0.15) is 0 Å². The molecular formula is C8H5Cl3O3. The fraction of sp³-hybridized carbons (Fsp3) is 0.125. The van der Waals surface area contributed by atoms with Crippen LogP contribution in [0.3, 0.4) is 0 Å². The largest absolute Gasteiger partial charge is 0.479 e. The molecule has 1 unspecified atom stereocenters. The number of halogens is 3. The molecule has 14 heavy (non-hydrogen) atoms. The number of benzene rings is 1. The number of carbonyl (C=O) groups is 1. The first kappa shape index (κ1) is 11.6. The Balaban J connectivity index is 3.32. The van der Waals surface area contributed by atoms with Gasteiger partial charge in [-0.25, -0.2) is 4.79 Å². The molecule has 0 amide bonds. The second-order valence-corrected chi connectivity index (χ2v) is 3.69. The zero-order chi connectivity index (χ0) is 10.9. The predicted octanol–water partition coefficient (Wildman–Crippen LogP) is 2.76. The summed E-state index contributed by atoms with van der Waals surface area (Å²) in [7, 11) is 0. The van der Waals surface area contributed by atoms with Crippen LogP contribution in [0.15, 0.2) is 12.1 Å². The Hall–Kier alpha value is -0.480. The normalized spacial score (nSPS) is 12.6. The number of carboxylic acids is 1. The van der Waals surface area contributed by atoms with Gasteiger partial charge in [-0.2, -0.15) is 0 Å². The summed E-state index contributed by atoms with van der Waals surface area (Å²) in [4.78, 5) is 10.5. The minimum absolute atomic E-state index is 0.0472. The van der Waals surface area contributed by atoms with E-state index < -0.39 is 12.1 Å². The zero-order valence-electron chi connectivity index (χ0n) is 6.67. The highest BCUT2D eigenvalue weighted by Crippen LogP contribution is 2.35. The Morgan fingerprint density at radius 2 is 1.71 bits per heavy atom. The summed E-state index contributed by atoms with van der Waals surface area (Å²) in [5.74, 6) is -1.43. The van der Waals surface area contributed by atoms with Crippen LogP contribution < -0.4 is 0 Å². The van der Waals surface area contributed by atoms with Gasteiger partial charge in [-0.3, -0.25) is 0 Å². The summed E-state index contributed by atoms with van der Waals surface area (Å²) < 4.78 is 0. The lowest BCUT2D eigenvalue weighted by Gasteiger charge is -2.10. The van der Waals surface area contributed by atoms with Crippen LogP contribution >= 0.6 is 34.8 Å². The van der Waals surface area contributed by atoms with Gasteiger partial charge in [0.15, 0.2) is 6.10 Å². The average Bonchev–Trinajstić information content (AvgIpc) is 2.12. The maximum atomic E-state index is 10.5. The SMILES string of the molecule is O=C(O)C(O)c1c(Cl)ccc(Cl)c1Cl. The highest BCUT2D eigenvalue weighted by atomic mass is 35.5. The standard InChI is InChI=1S/C8H5Cl3O3/c9-3-1-2-4(10)6(11)5(3)7(12)8(13)14/h1-2,7,12H,(H,13,14). The number of rotatable bonds is 2. The van der Waals surface area contributed by atoms with Gasteiger partial charge in [0.25, 0.3) is 0 Å². The van der Waals surface area contributed by atoms with Gasteiger partial charge >= 0.3 is 5.97 Å².